The fraction of sp³-hybridized carbons (Fsp3) is 0.150. The Morgan fingerprint density at radius 2 is 1.75 bits per heavy atom. The van der Waals surface area contributed by atoms with E-state index in [1.807, 2.05) is 30.3 Å². The quantitative estimate of drug-likeness (QED) is 0.612. The third kappa shape index (κ3) is 4.52. The van der Waals surface area contributed by atoms with Gasteiger partial charge in [-0.05, 0) is 29.1 Å². The van der Waals surface area contributed by atoms with Gasteiger partial charge in [0, 0.05) is 6.54 Å². The van der Waals surface area contributed by atoms with Crippen molar-refractivity contribution in [2.75, 3.05) is 18.0 Å². The first kappa shape index (κ1) is 19.9. The van der Waals surface area contributed by atoms with Crippen molar-refractivity contribution in [3.63, 3.8) is 0 Å². The second-order valence-corrected chi connectivity index (χ2v) is 8.91. The van der Waals surface area contributed by atoms with Crippen LogP contribution in [0.15, 0.2) is 76.3 Å². The Balaban J connectivity index is 1.87. The molecule has 2 aromatic carbocycles. The summed E-state index contributed by atoms with van der Waals surface area (Å²) in [6.07, 6.45) is 0. The maximum atomic E-state index is 13.2. The average Bonchev–Trinajstić information content (AvgIpc) is 3.27. The van der Waals surface area contributed by atoms with Crippen molar-refractivity contribution < 1.29 is 17.9 Å². The Kier molecular flexibility index (Phi) is 6.33. The van der Waals surface area contributed by atoms with Gasteiger partial charge in [-0.15, -0.1) is 11.3 Å². The number of nitrogens with zero attached hydrogens (tertiary/aromatic N) is 1. The molecule has 0 aliphatic heterocycles. The van der Waals surface area contributed by atoms with E-state index in [-0.39, 0.29) is 10.8 Å². The number of benzene rings is 2. The second-order valence-electron chi connectivity index (χ2n) is 5.88. The van der Waals surface area contributed by atoms with Crippen LogP contribution in [-0.4, -0.2) is 28.0 Å². The average molecular weight is 417 g/mol. The van der Waals surface area contributed by atoms with Crippen LogP contribution in [0, 0.1) is 0 Å². The van der Waals surface area contributed by atoms with E-state index in [0.717, 1.165) is 21.2 Å². The van der Waals surface area contributed by atoms with Crippen molar-refractivity contribution in [1.82, 2.24) is 5.32 Å². The van der Waals surface area contributed by atoms with E-state index in [1.165, 1.54) is 13.2 Å². The molecule has 0 unspecified atom stereocenters. The van der Waals surface area contributed by atoms with E-state index in [4.69, 9.17) is 4.74 Å². The number of methoxy groups -OCH3 is 1. The molecule has 6 nitrogen and oxygen atoms in total. The smallest absolute Gasteiger partial charge is 0.274 e. The minimum Gasteiger partial charge on any atom is -0.495 e. The number of anilines is 1. The zero-order valence-corrected chi connectivity index (χ0v) is 16.9. The standard InChI is InChI=1S/C20H20N2O4S2/c1-26-18-11-6-5-10-17(18)22(28(24,25)20-12-7-13-27-20)15-19(23)21-14-16-8-3-2-4-9-16/h2-13H,14-15H2,1H3,(H,21,23). The molecule has 0 bridgehead atoms. The third-order valence-electron chi connectivity index (χ3n) is 4.01. The van der Waals surface area contributed by atoms with Crippen molar-refractivity contribution in [3.05, 3.63) is 77.7 Å². The molecule has 28 heavy (non-hydrogen) atoms. The van der Waals surface area contributed by atoms with Crippen LogP contribution in [0.5, 0.6) is 5.75 Å². The lowest BCUT2D eigenvalue weighted by molar-refractivity contribution is -0.119. The molecular formula is C20H20N2O4S2. The van der Waals surface area contributed by atoms with Gasteiger partial charge in [0.1, 0.15) is 16.5 Å². The number of carbonyl (C=O) groups excluding carboxylic acids is 1. The van der Waals surface area contributed by atoms with Crippen LogP contribution in [0.3, 0.4) is 0 Å². The zero-order valence-electron chi connectivity index (χ0n) is 15.2. The molecule has 0 atom stereocenters. The highest BCUT2D eigenvalue weighted by Crippen LogP contribution is 2.33. The monoisotopic (exact) mass is 416 g/mol. The minimum absolute atomic E-state index is 0.161. The van der Waals surface area contributed by atoms with Crippen LogP contribution in [0.2, 0.25) is 0 Å². The Bertz CT molecular complexity index is 1020. The molecule has 146 valence electrons. The van der Waals surface area contributed by atoms with Crippen molar-refractivity contribution in [1.29, 1.82) is 0 Å². The maximum absolute atomic E-state index is 13.2. The predicted molar refractivity (Wildman–Crippen MR) is 110 cm³/mol. The fourth-order valence-corrected chi connectivity index (χ4v) is 5.17. The van der Waals surface area contributed by atoms with E-state index in [1.54, 1.807) is 35.7 Å². The number of para-hydroxylation sites is 2. The Morgan fingerprint density at radius 3 is 2.43 bits per heavy atom. The van der Waals surface area contributed by atoms with Gasteiger partial charge in [0.25, 0.3) is 10.0 Å². The van der Waals surface area contributed by atoms with Crippen LogP contribution in [0.1, 0.15) is 5.56 Å². The van der Waals surface area contributed by atoms with Crippen LogP contribution < -0.4 is 14.4 Å². The van der Waals surface area contributed by atoms with Crippen LogP contribution in [-0.2, 0) is 21.4 Å². The molecule has 0 saturated heterocycles. The number of hydrogen-bond acceptors (Lipinski definition) is 5. The molecule has 0 aliphatic rings. The SMILES string of the molecule is COc1ccccc1N(CC(=O)NCc1ccccc1)S(=O)(=O)c1cccs1. The Morgan fingerprint density at radius 1 is 1.04 bits per heavy atom. The Hall–Kier alpha value is -2.84. The molecular weight excluding hydrogens is 396 g/mol. The summed E-state index contributed by atoms with van der Waals surface area (Å²) in [4.78, 5) is 12.6. The van der Waals surface area contributed by atoms with Crippen LogP contribution in [0.25, 0.3) is 0 Å². The van der Waals surface area contributed by atoms with E-state index >= 15 is 0 Å². The largest absolute Gasteiger partial charge is 0.495 e. The number of sulfonamides is 1. The lowest BCUT2D eigenvalue weighted by atomic mass is 10.2. The normalized spacial score (nSPS) is 11.0. The number of rotatable bonds is 8. The highest BCUT2D eigenvalue weighted by molar-refractivity contribution is 7.94. The zero-order chi connectivity index (χ0) is 20.0. The Labute approximate surface area is 168 Å². The molecule has 0 spiro atoms. The van der Waals surface area contributed by atoms with Gasteiger partial charge in [-0.1, -0.05) is 48.5 Å². The van der Waals surface area contributed by atoms with Gasteiger partial charge in [0.2, 0.25) is 5.91 Å². The minimum atomic E-state index is -3.91. The van der Waals surface area contributed by atoms with E-state index < -0.39 is 15.9 Å². The molecule has 1 aromatic heterocycles. The van der Waals surface area contributed by atoms with Gasteiger partial charge in [0.15, 0.2) is 0 Å². The highest BCUT2D eigenvalue weighted by Gasteiger charge is 2.29. The summed E-state index contributed by atoms with van der Waals surface area (Å²) >= 11 is 1.10. The first-order valence-electron chi connectivity index (χ1n) is 8.52. The van der Waals surface area contributed by atoms with Gasteiger partial charge in [-0.2, -0.15) is 0 Å². The number of amides is 1. The molecule has 1 heterocycles. The number of thiophene rings is 1. The molecule has 8 heteroatoms. The summed E-state index contributed by atoms with van der Waals surface area (Å²) in [5.74, 6) is -0.0339. The van der Waals surface area contributed by atoms with Crippen molar-refractivity contribution in [2.45, 2.75) is 10.8 Å². The van der Waals surface area contributed by atoms with Gasteiger partial charge < -0.3 is 10.1 Å². The highest BCUT2D eigenvalue weighted by atomic mass is 32.2. The molecule has 0 saturated carbocycles. The van der Waals surface area contributed by atoms with E-state index in [2.05, 4.69) is 5.32 Å². The van der Waals surface area contributed by atoms with Gasteiger partial charge in [-0.25, -0.2) is 8.42 Å². The topological polar surface area (TPSA) is 75.7 Å². The lowest BCUT2D eigenvalue weighted by Gasteiger charge is -2.24. The van der Waals surface area contributed by atoms with Crippen molar-refractivity contribution >= 4 is 33.0 Å². The third-order valence-corrected chi connectivity index (χ3v) is 7.15. The number of ether oxygens (including phenoxy) is 1. The first-order valence-corrected chi connectivity index (χ1v) is 10.8. The molecule has 1 N–H and O–H groups in total. The van der Waals surface area contributed by atoms with Crippen LogP contribution >= 0.6 is 11.3 Å². The molecule has 3 aromatic rings. The van der Waals surface area contributed by atoms with E-state index in [9.17, 15) is 13.2 Å². The predicted octanol–water partition coefficient (Wildman–Crippen LogP) is 3.27. The molecule has 0 fully saturated rings. The molecule has 3 rings (SSSR count). The summed E-state index contributed by atoms with van der Waals surface area (Å²) in [5.41, 5.74) is 1.24. The summed E-state index contributed by atoms with van der Waals surface area (Å²) in [7, 11) is -2.45. The van der Waals surface area contributed by atoms with Gasteiger partial charge in [0.05, 0.1) is 12.8 Å². The fourth-order valence-electron chi connectivity index (χ4n) is 2.64. The maximum Gasteiger partial charge on any atom is 0.274 e. The van der Waals surface area contributed by atoms with E-state index in [0.29, 0.717) is 18.0 Å². The lowest BCUT2D eigenvalue weighted by Crippen LogP contribution is -2.40. The number of carbonyl (C=O) groups is 1. The van der Waals surface area contributed by atoms with Crippen molar-refractivity contribution in [2.24, 2.45) is 0 Å². The number of nitrogens with one attached hydrogen (secondary N) is 1. The molecule has 1 amide bonds. The van der Waals surface area contributed by atoms with Crippen LogP contribution in [0.4, 0.5) is 5.69 Å². The molecule has 0 aliphatic carbocycles. The summed E-state index contributed by atoms with van der Waals surface area (Å²) in [6, 6.07) is 19.3. The first-order chi connectivity index (χ1) is 13.5. The summed E-state index contributed by atoms with van der Waals surface area (Å²) < 4.78 is 32.9. The number of hydrogen-bond donors (Lipinski definition) is 1. The van der Waals surface area contributed by atoms with Gasteiger partial charge >= 0.3 is 0 Å². The second kappa shape index (κ2) is 8.90. The molecule has 0 radical (unpaired) electrons. The summed E-state index contributed by atoms with van der Waals surface area (Å²) in [5, 5.41) is 4.45. The van der Waals surface area contributed by atoms with Crippen molar-refractivity contribution in [3.8, 4) is 5.75 Å². The van der Waals surface area contributed by atoms with Gasteiger partial charge in [-0.3, -0.25) is 9.10 Å². The summed E-state index contributed by atoms with van der Waals surface area (Å²) in [6.45, 7) is -0.0358.